The molecular weight excluding hydrogens is 810 g/mol. The van der Waals surface area contributed by atoms with E-state index >= 15 is 0 Å². The summed E-state index contributed by atoms with van der Waals surface area (Å²) >= 11 is 0. The maximum atomic E-state index is 2.97. The number of fused-ring (bicyclic) bond motifs is 13. The molecule has 1 aromatic heterocycles. The van der Waals surface area contributed by atoms with Crippen LogP contribution in [-0.2, 0) is 27.1 Å². The van der Waals surface area contributed by atoms with Crippen molar-refractivity contribution in [1.29, 1.82) is 0 Å². The number of rotatable bonds is 2. The van der Waals surface area contributed by atoms with Crippen molar-refractivity contribution in [1.82, 2.24) is 4.57 Å². The SMILES string of the molecule is CC(C)(C)c1cc2c3c(c1)C1(C)CCCCC1(C)N3c1cc(N3c4ccccc4C4(c5ccccc5)CCCCC34C)cc3c1B2c1cc(C(C)(C)C)cc2c4cc(C(C)(C)C)ccc4n-3c12. The van der Waals surface area contributed by atoms with Crippen molar-refractivity contribution in [2.75, 3.05) is 9.80 Å². The number of benzene rings is 6. The van der Waals surface area contributed by atoms with Gasteiger partial charge in [-0.25, -0.2) is 0 Å². The van der Waals surface area contributed by atoms with E-state index in [-0.39, 0.29) is 44.9 Å². The van der Waals surface area contributed by atoms with E-state index in [1.165, 1.54) is 133 Å². The molecule has 67 heavy (non-hydrogen) atoms. The summed E-state index contributed by atoms with van der Waals surface area (Å²) in [6.07, 6.45) is 9.70. The summed E-state index contributed by atoms with van der Waals surface area (Å²) in [5, 5.41) is 2.77. The van der Waals surface area contributed by atoms with Gasteiger partial charge in [0.25, 0.3) is 6.71 Å². The van der Waals surface area contributed by atoms with Gasteiger partial charge in [0.05, 0.1) is 16.6 Å². The lowest BCUT2D eigenvalue weighted by Crippen LogP contribution is -2.64. The second-order valence-corrected chi connectivity index (χ2v) is 25.8. The zero-order valence-corrected chi connectivity index (χ0v) is 42.5. The number of hydrogen-bond donors (Lipinski definition) is 0. The third-order valence-corrected chi connectivity index (χ3v) is 19.2. The van der Waals surface area contributed by atoms with Crippen LogP contribution in [0.1, 0.15) is 168 Å². The third kappa shape index (κ3) is 5.11. The van der Waals surface area contributed by atoms with E-state index in [4.69, 9.17) is 0 Å². The first-order valence-corrected chi connectivity index (χ1v) is 26.0. The van der Waals surface area contributed by atoms with Crippen LogP contribution in [0, 0.1) is 0 Å². The Labute approximate surface area is 401 Å². The third-order valence-electron chi connectivity index (χ3n) is 19.2. The molecule has 0 saturated heterocycles. The number of nitrogens with zero attached hydrogens (tertiary/aromatic N) is 3. The summed E-state index contributed by atoms with van der Waals surface area (Å²) in [6, 6.07) is 44.6. The molecule has 2 saturated carbocycles. The first-order chi connectivity index (χ1) is 31.7. The van der Waals surface area contributed by atoms with Gasteiger partial charge in [-0.05, 0) is 142 Å². The topological polar surface area (TPSA) is 11.4 Å². The molecule has 2 fully saturated rings. The van der Waals surface area contributed by atoms with E-state index in [0.717, 1.165) is 12.8 Å². The molecule has 4 unspecified atom stereocenters. The van der Waals surface area contributed by atoms with Gasteiger partial charge in [-0.15, -0.1) is 0 Å². The van der Waals surface area contributed by atoms with Gasteiger partial charge in [0, 0.05) is 55.6 Å². The smallest absolute Gasteiger partial charge is 0.252 e. The summed E-state index contributed by atoms with van der Waals surface area (Å²) in [6.45, 7) is 29.7. The lowest BCUT2D eigenvalue weighted by atomic mass is 9.33. The molecule has 7 aromatic rings. The van der Waals surface area contributed by atoms with Crippen LogP contribution in [0.3, 0.4) is 0 Å². The van der Waals surface area contributed by atoms with Gasteiger partial charge in [0.1, 0.15) is 0 Å². The Bertz CT molecular complexity index is 3280. The molecule has 0 amide bonds. The van der Waals surface area contributed by atoms with Gasteiger partial charge in [-0.2, -0.15) is 0 Å². The summed E-state index contributed by atoms with van der Waals surface area (Å²) in [5.41, 5.74) is 22.7. The van der Waals surface area contributed by atoms with Crippen molar-refractivity contribution >= 4 is 67.7 Å². The Morgan fingerprint density at radius 2 is 1.10 bits per heavy atom. The first-order valence-electron chi connectivity index (χ1n) is 26.0. The summed E-state index contributed by atoms with van der Waals surface area (Å²) in [4.78, 5) is 5.84. The van der Waals surface area contributed by atoms with Crippen molar-refractivity contribution in [2.45, 2.75) is 173 Å². The van der Waals surface area contributed by atoms with Crippen LogP contribution in [0.15, 0.2) is 109 Å². The fourth-order valence-electron chi connectivity index (χ4n) is 15.4. The predicted molar refractivity (Wildman–Crippen MR) is 287 cm³/mol. The Balaban J connectivity index is 1.21. The molecular formula is C63H70BN3. The van der Waals surface area contributed by atoms with Gasteiger partial charge < -0.3 is 14.4 Å². The zero-order chi connectivity index (χ0) is 46.6. The van der Waals surface area contributed by atoms with Gasteiger partial charge >= 0.3 is 0 Å². The molecule has 5 heterocycles. The lowest BCUT2D eigenvalue weighted by molar-refractivity contribution is 0.195. The molecule has 6 aromatic carbocycles. The minimum Gasteiger partial charge on any atom is -0.335 e. The largest absolute Gasteiger partial charge is 0.335 e. The highest BCUT2D eigenvalue weighted by Crippen LogP contribution is 2.66. The molecule has 4 aliphatic heterocycles. The van der Waals surface area contributed by atoms with Crippen molar-refractivity contribution in [3.05, 3.63) is 143 Å². The Morgan fingerprint density at radius 1 is 0.493 bits per heavy atom. The van der Waals surface area contributed by atoms with Crippen LogP contribution in [-0.4, -0.2) is 22.4 Å². The minimum absolute atomic E-state index is 0.00663. The van der Waals surface area contributed by atoms with E-state index in [0.29, 0.717) is 0 Å². The second-order valence-electron chi connectivity index (χ2n) is 25.8. The molecule has 4 atom stereocenters. The van der Waals surface area contributed by atoms with Crippen LogP contribution >= 0.6 is 0 Å². The number of para-hydroxylation sites is 1. The average molecular weight is 880 g/mol. The summed E-state index contributed by atoms with van der Waals surface area (Å²) in [5.74, 6) is 0. The molecule has 0 N–H and O–H groups in total. The van der Waals surface area contributed by atoms with Crippen molar-refractivity contribution in [3.8, 4) is 5.69 Å². The zero-order valence-electron chi connectivity index (χ0n) is 42.5. The Hall–Kier alpha value is -5.22. The van der Waals surface area contributed by atoms with Crippen LogP contribution in [0.5, 0.6) is 0 Å². The monoisotopic (exact) mass is 880 g/mol. The van der Waals surface area contributed by atoms with Gasteiger partial charge in [-0.3, -0.25) is 0 Å². The number of anilines is 4. The van der Waals surface area contributed by atoms with E-state index in [9.17, 15) is 0 Å². The van der Waals surface area contributed by atoms with Gasteiger partial charge in [0.2, 0.25) is 0 Å². The maximum Gasteiger partial charge on any atom is 0.252 e. The number of hydrogen-bond acceptors (Lipinski definition) is 2. The molecule has 0 radical (unpaired) electrons. The van der Waals surface area contributed by atoms with Crippen LogP contribution < -0.4 is 26.2 Å². The molecule has 3 nitrogen and oxygen atoms in total. The average Bonchev–Trinajstić information content (AvgIpc) is 3.83. The highest BCUT2D eigenvalue weighted by Gasteiger charge is 2.64. The highest BCUT2D eigenvalue weighted by atomic mass is 15.3. The molecule has 0 bridgehead atoms. The first kappa shape index (κ1) is 41.9. The quantitative estimate of drug-likeness (QED) is 0.160. The Morgan fingerprint density at radius 3 is 1.84 bits per heavy atom. The molecule has 2 aliphatic carbocycles. The summed E-state index contributed by atoms with van der Waals surface area (Å²) < 4.78 is 2.76. The second kappa shape index (κ2) is 13.1. The highest BCUT2D eigenvalue weighted by molar-refractivity contribution is 7.00. The molecule has 340 valence electrons. The van der Waals surface area contributed by atoms with E-state index in [1.807, 2.05) is 0 Å². The summed E-state index contributed by atoms with van der Waals surface area (Å²) in [7, 11) is 0. The Kier molecular flexibility index (Phi) is 8.20. The van der Waals surface area contributed by atoms with Crippen LogP contribution in [0.4, 0.5) is 22.7 Å². The molecule has 13 rings (SSSR count). The lowest BCUT2D eigenvalue weighted by Gasteiger charge is -2.54. The van der Waals surface area contributed by atoms with Crippen molar-refractivity contribution in [3.63, 3.8) is 0 Å². The predicted octanol–water partition coefficient (Wildman–Crippen LogP) is 14.3. The van der Waals surface area contributed by atoms with Crippen molar-refractivity contribution < 1.29 is 0 Å². The van der Waals surface area contributed by atoms with Crippen LogP contribution in [0.2, 0.25) is 0 Å². The molecule has 4 heteroatoms. The van der Waals surface area contributed by atoms with Gasteiger partial charge in [0.15, 0.2) is 0 Å². The van der Waals surface area contributed by atoms with E-state index in [1.54, 1.807) is 5.56 Å². The molecule has 0 spiro atoms. The maximum absolute atomic E-state index is 2.97. The normalized spacial score (nSPS) is 25.9. The van der Waals surface area contributed by atoms with E-state index in [2.05, 4.69) is 207 Å². The number of aromatic nitrogens is 1. The van der Waals surface area contributed by atoms with E-state index < -0.39 is 0 Å². The fraction of sp³-hybridized carbons (Fsp3) is 0.429. The van der Waals surface area contributed by atoms with Crippen molar-refractivity contribution in [2.24, 2.45) is 0 Å². The minimum atomic E-state index is -0.172. The fourth-order valence-corrected chi connectivity index (χ4v) is 15.4. The standard InChI is InChI=1S/C63H70BN3/c1-57(2,3)40-26-27-50-44(32-40)45-33-41(58(4,5)6)35-48-55(45)65(50)52-37-43(66-51-25-17-16-24-46(51)63(39-22-14-13-15-23-39)31-21-20-30-62(63,66)12)38-53-54(52)64(48)49-36-42(59(7,8)9)34-47-56(49)67(53)61(11)29-19-18-28-60(47,61)10/h13-17,22-27,32-38H,18-21,28-31H2,1-12H3. The van der Waals surface area contributed by atoms with Crippen LogP contribution in [0.25, 0.3) is 27.5 Å². The van der Waals surface area contributed by atoms with Gasteiger partial charge in [-0.1, -0.05) is 168 Å². The molecule has 6 aliphatic rings.